The lowest BCUT2D eigenvalue weighted by molar-refractivity contribution is 0.400. The molecule has 1 fully saturated rings. The lowest BCUT2D eigenvalue weighted by Crippen LogP contribution is -1.93. The van der Waals surface area contributed by atoms with Gasteiger partial charge in [0.25, 0.3) is 0 Å². The average Bonchev–Trinajstić information content (AvgIpc) is 2.63. The van der Waals surface area contributed by atoms with Gasteiger partial charge in [-0.05, 0) is 11.8 Å². The Morgan fingerprint density at radius 2 is 2.36 bits per heavy atom. The van der Waals surface area contributed by atoms with Crippen LogP contribution in [-0.2, 0) is 0 Å². The van der Waals surface area contributed by atoms with Crippen molar-refractivity contribution in [2.24, 2.45) is 11.1 Å². The van der Waals surface area contributed by atoms with Crippen molar-refractivity contribution in [3.8, 4) is 0 Å². The molecule has 1 heterocycles. The number of hydrogen-bond donors (Lipinski definition) is 1. The van der Waals surface area contributed by atoms with E-state index in [-0.39, 0.29) is 0 Å². The van der Waals surface area contributed by atoms with Crippen molar-refractivity contribution in [2.75, 3.05) is 6.54 Å². The first-order valence-electron chi connectivity index (χ1n) is 4.84. The van der Waals surface area contributed by atoms with Gasteiger partial charge in [-0.3, -0.25) is 0 Å². The molecule has 1 aromatic heterocycles. The van der Waals surface area contributed by atoms with E-state index in [9.17, 15) is 0 Å². The van der Waals surface area contributed by atoms with E-state index in [0.29, 0.717) is 23.8 Å². The van der Waals surface area contributed by atoms with Crippen LogP contribution < -0.4 is 5.73 Å². The molecule has 0 aromatic carbocycles. The van der Waals surface area contributed by atoms with Crippen molar-refractivity contribution in [3.63, 3.8) is 0 Å². The van der Waals surface area contributed by atoms with E-state index in [1.807, 2.05) is 0 Å². The van der Waals surface area contributed by atoms with Crippen LogP contribution >= 0.6 is 0 Å². The first kappa shape index (κ1) is 9.40. The Morgan fingerprint density at radius 1 is 1.64 bits per heavy atom. The Labute approximate surface area is 83.2 Å². The number of nitrogens with two attached hydrogens (primary N) is 1. The summed E-state index contributed by atoms with van der Waals surface area (Å²) < 4.78 is 5.06. The molecule has 0 saturated heterocycles. The predicted molar refractivity (Wildman–Crippen MR) is 53.5 cm³/mol. The molecule has 1 aliphatic carbocycles. The topological polar surface area (TPSA) is 64.9 Å². The zero-order chi connectivity index (χ0) is 10.2. The van der Waals surface area contributed by atoms with Gasteiger partial charge in [-0.2, -0.15) is 4.98 Å². The van der Waals surface area contributed by atoms with Crippen LogP contribution in [0.25, 0.3) is 6.08 Å². The van der Waals surface area contributed by atoms with Gasteiger partial charge in [0.15, 0.2) is 5.82 Å². The fourth-order valence-corrected chi connectivity index (χ4v) is 1.53. The Morgan fingerprint density at radius 3 is 2.93 bits per heavy atom. The standard InChI is InChI=1S/C10H15N3O/c1-10(2)6-7(10)9-12-8(14-13-9)4-3-5-11/h3-4,7H,5-6,11H2,1-2H3/b4-3+. The smallest absolute Gasteiger partial charge is 0.250 e. The second-order valence-corrected chi connectivity index (χ2v) is 4.37. The number of aromatic nitrogens is 2. The second-order valence-electron chi connectivity index (χ2n) is 4.37. The van der Waals surface area contributed by atoms with Crippen molar-refractivity contribution >= 4 is 6.08 Å². The van der Waals surface area contributed by atoms with Crippen LogP contribution in [0.15, 0.2) is 10.6 Å². The lowest BCUT2D eigenvalue weighted by atomic mass is 10.1. The maximum absolute atomic E-state index is 5.32. The third-order valence-electron chi connectivity index (χ3n) is 2.68. The van der Waals surface area contributed by atoms with E-state index in [4.69, 9.17) is 10.3 Å². The SMILES string of the molecule is CC1(C)CC1c1noc(/C=C/CN)n1. The van der Waals surface area contributed by atoms with Crippen LogP contribution in [0.2, 0.25) is 0 Å². The molecular formula is C10H15N3O. The van der Waals surface area contributed by atoms with E-state index in [1.54, 1.807) is 12.2 Å². The maximum atomic E-state index is 5.32. The molecule has 1 unspecified atom stereocenters. The van der Waals surface area contributed by atoms with Gasteiger partial charge in [0, 0.05) is 18.5 Å². The van der Waals surface area contributed by atoms with Crippen LogP contribution in [-0.4, -0.2) is 16.7 Å². The maximum Gasteiger partial charge on any atom is 0.250 e. The van der Waals surface area contributed by atoms with E-state index in [1.165, 1.54) is 0 Å². The Balaban J connectivity index is 2.08. The minimum absolute atomic E-state index is 0.346. The van der Waals surface area contributed by atoms with Crippen molar-refractivity contribution in [1.29, 1.82) is 0 Å². The Kier molecular flexibility index (Phi) is 2.15. The van der Waals surface area contributed by atoms with Crippen LogP contribution in [0.3, 0.4) is 0 Å². The molecule has 14 heavy (non-hydrogen) atoms. The molecule has 1 aromatic rings. The van der Waals surface area contributed by atoms with E-state index in [0.717, 1.165) is 12.2 Å². The third-order valence-corrected chi connectivity index (χ3v) is 2.68. The normalized spacial score (nSPS) is 24.4. The molecule has 0 bridgehead atoms. The summed E-state index contributed by atoms with van der Waals surface area (Å²) >= 11 is 0. The van der Waals surface area contributed by atoms with Crippen LogP contribution in [0, 0.1) is 5.41 Å². The van der Waals surface area contributed by atoms with Crippen LogP contribution in [0.5, 0.6) is 0 Å². The number of rotatable bonds is 3. The zero-order valence-electron chi connectivity index (χ0n) is 8.53. The highest BCUT2D eigenvalue weighted by Gasteiger charge is 2.49. The molecule has 0 amide bonds. The van der Waals surface area contributed by atoms with Crippen molar-refractivity contribution < 1.29 is 4.52 Å². The van der Waals surface area contributed by atoms with E-state index >= 15 is 0 Å². The van der Waals surface area contributed by atoms with Gasteiger partial charge < -0.3 is 10.3 Å². The lowest BCUT2D eigenvalue weighted by Gasteiger charge is -1.95. The molecule has 2 rings (SSSR count). The summed E-state index contributed by atoms with van der Waals surface area (Å²) in [6, 6.07) is 0. The number of nitrogens with zero attached hydrogens (tertiary/aromatic N) is 2. The zero-order valence-corrected chi connectivity index (χ0v) is 8.53. The summed E-state index contributed by atoms with van der Waals surface area (Å²) in [7, 11) is 0. The first-order chi connectivity index (χ1) is 6.63. The molecule has 0 spiro atoms. The Hall–Kier alpha value is -1.16. The minimum atomic E-state index is 0.346. The summed E-state index contributed by atoms with van der Waals surface area (Å²) in [6.45, 7) is 4.92. The highest BCUT2D eigenvalue weighted by Crippen LogP contribution is 2.57. The molecular weight excluding hydrogens is 178 g/mol. The molecule has 2 N–H and O–H groups in total. The second kappa shape index (κ2) is 3.20. The summed E-state index contributed by atoms with van der Waals surface area (Å²) in [4.78, 5) is 4.29. The van der Waals surface area contributed by atoms with E-state index < -0.39 is 0 Å². The largest absolute Gasteiger partial charge is 0.335 e. The highest BCUT2D eigenvalue weighted by molar-refractivity contribution is 5.37. The van der Waals surface area contributed by atoms with Crippen LogP contribution in [0.4, 0.5) is 0 Å². The molecule has 0 aliphatic heterocycles. The van der Waals surface area contributed by atoms with Gasteiger partial charge in [-0.15, -0.1) is 0 Å². The summed E-state index contributed by atoms with van der Waals surface area (Å²) in [5, 5.41) is 3.95. The van der Waals surface area contributed by atoms with Crippen LogP contribution in [0.1, 0.15) is 37.9 Å². The quantitative estimate of drug-likeness (QED) is 0.791. The van der Waals surface area contributed by atoms with Gasteiger partial charge in [0.1, 0.15) is 0 Å². The molecule has 4 heteroatoms. The third kappa shape index (κ3) is 1.70. The average molecular weight is 193 g/mol. The predicted octanol–water partition coefficient (Wildman–Crippen LogP) is 1.55. The Bertz CT molecular complexity index is 354. The van der Waals surface area contributed by atoms with Gasteiger partial charge in [-0.1, -0.05) is 25.1 Å². The van der Waals surface area contributed by atoms with Crippen molar-refractivity contribution in [1.82, 2.24) is 10.1 Å². The number of hydrogen-bond acceptors (Lipinski definition) is 4. The van der Waals surface area contributed by atoms with Gasteiger partial charge in [-0.25, -0.2) is 0 Å². The van der Waals surface area contributed by atoms with Gasteiger partial charge in [0.05, 0.1) is 0 Å². The minimum Gasteiger partial charge on any atom is -0.335 e. The van der Waals surface area contributed by atoms with E-state index in [2.05, 4.69) is 24.0 Å². The fourth-order valence-electron chi connectivity index (χ4n) is 1.53. The first-order valence-corrected chi connectivity index (χ1v) is 4.84. The molecule has 1 saturated carbocycles. The monoisotopic (exact) mass is 193 g/mol. The highest BCUT2D eigenvalue weighted by atomic mass is 16.5. The summed E-state index contributed by atoms with van der Waals surface area (Å²) in [5.74, 6) is 1.84. The van der Waals surface area contributed by atoms with Crippen molar-refractivity contribution in [2.45, 2.75) is 26.2 Å². The molecule has 4 nitrogen and oxygen atoms in total. The molecule has 0 radical (unpaired) electrons. The summed E-state index contributed by atoms with van der Waals surface area (Å²) in [6.07, 6.45) is 4.70. The van der Waals surface area contributed by atoms with Crippen molar-refractivity contribution in [3.05, 3.63) is 17.8 Å². The van der Waals surface area contributed by atoms with Gasteiger partial charge >= 0.3 is 0 Å². The molecule has 1 aliphatic rings. The fraction of sp³-hybridized carbons (Fsp3) is 0.600. The summed E-state index contributed by atoms with van der Waals surface area (Å²) in [5.41, 5.74) is 5.67. The molecule has 76 valence electrons. The van der Waals surface area contributed by atoms with Gasteiger partial charge in [0.2, 0.25) is 5.89 Å². The molecule has 1 atom stereocenters.